The molecule has 6 aromatic rings. The number of aliphatic hydroxyl groups is 2. The lowest BCUT2D eigenvalue weighted by molar-refractivity contribution is -0.134. The molecule has 648 valence electrons. The summed E-state index contributed by atoms with van der Waals surface area (Å²) in [5.74, 6) is 0.535. The monoisotopic (exact) mass is 1740 g/mol. The van der Waals surface area contributed by atoms with Gasteiger partial charge in [-0.2, -0.15) is 19.9 Å². The third-order valence-corrected chi connectivity index (χ3v) is 34.2. The van der Waals surface area contributed by atoms with Crippen molar-refractivity contribution in [3.8, 4) is 11.5 Å². The second kappa shape index (κ2) is 36.8. The predicted octanol–water partition coefficient (Wildman–Crippen LogP) is 14.2. The highest BCUT2D eigenvalue weighted by molar-refractivity contribution is 6.74. The van der Waals surface area contributed by atoms with Crippen LogP contribution in [0.1, 0.15) is 193 Å². The molecule has 4 atom stereocenters. The molecule has 8 aliphatic rings. The molecule has 9 N–H and O–H groups in total. The maximum absolute atomic E-state index is 13.6. The fraction of sp³-hybridized carbons (Fsp3) is 0.585. The summed E-state index contributed by atoms with van der Waals surface area (Å²) in [6.07, 6.45) is 23.9. The number of carbonyl (C=O) groups is 6. The number of nitrogens with two attached hydrogens (primary N) is 1. The van der Waals surface area contributed by atoms with E-state index in [1.807, 2.05) is 23.6 Å². The molecule has 32 nitrogen and oxygen atoms in total. The minimum absolute atomic E-state index is 0.00925. The van der Waals surface area contributed by atoms with Crippen LogP contribution in [0.15, 0.2) is 61.2 Å². The number of ether oxygens (including phenoxy) is 2. The number of fused-ring (bicyclic) bond motifs is 4. The number of nitrogens with one attached hydrogen (secondary N) is 3. The Balaban J connectivity index is 0.000000161. The summed E-state index contributed by atoms with van der Waals surface area (Å²) >= 11 is 18.1. The minimum atomic E-state index is -2.18. The van der Waals surface area contributed by atoms with Gasteiger partial charge in [0.1, 0.15) is 34.2 Å². The number of amides is 4. The Labute approximate surface area is 713 Å². The van der Waals surface area contributed by atoms with Gasteiger partial charge in [0.2, 0.25) is 21.8 Å². The molecule has 0 saturated heterocycles. The number of aromatic carboxylic acids is 2. The lowest BCUT2D eigenvalue weighted by Crippen LogP contribution is -2.59. The number of anilines is 11. The molecule has 0 radical (unpaired) electrons. The molecule has 4 aromatic heterocycles. The third kappa shape index (κ3) is 21.2. The van der Waals surface area contributed by atoms with E-state index in [9.17, 15) is 44.1 Å². The van der Waals surface area contributed by atoms with Crippen LogP contribution in [0.4, 0.5) is 63.3 Å². The lowest BCUT2D eigenvalue weighted by atomic mass is 10.0. The number of methoxy groups -OCH3 is 2. The molecule has 0 bridgehead atoms. The van der Waals surface area contributed by atoms with E-state index in [0.29, 0.717) is 88.3 Å². The first-order chi connectivity index (χ1) is 55.6. The van der Waals surface area contributed by atoms with Crippen LogP contribution in [-0.2, 0) is 28.0 Å². The topological polar surface area (TPSA) is 405 Å². The summed E-state index contributed by atoms with van der Waals surface area (Å²) in [6, 6.07) is 9.92. The number of carbonyl (C=O) groups excluding carboxylic acids is 4. The minimum Gasteiger partial charge on any atom is -0.495 e. The Hall–Kier alpha value is -8.88. The zero-order valence-corrected chi connectivity index (χ0v) is 75.8. The zero-order valence-electron chi connectivity index (χ0n) is 71.6. The van der Waals surface area contributed by atoms with Crippen LogP contribution in [0.25, 0.3) is 0 Å². The molecule has 4 aliphatic heterocycles. The van der Waals surface area contributed by atoms with Crippen molar-refractivity contribution in [2.75, 3.05) is 106 Å². The normalized spacial score (nSPS) is 22.6. The average Bonchev–Trinajstić information content (AvgIpc) is 1.65. The van der Waals surface area contributed by atoms with Crippen molar-refractivity contribution >= 4 is 150 Å². The highest BCUT2D eigenvalue weighted by atomic mass is 35.5. The largest absolute Gasteiger partial charge is 0.495 e. The number of aromatic nitrogens is 8. The van der Waals surface area contributed by atoms with Crippen LogP contribution in [0.2, 0.25) is 52.1 Å². The standard InChI is InChI=1S/C22H27N5O5.C20H33ClN4O2Si.C19H31ClN4O2Si.C13H17ClN4O2.C8H9NO3/c1-22(31)12-27(14-6-4-5-7-14)18-16(26(2)20(22)30)11-23-21(25-18)24-15-9-8-13(19(28)29)10-17(15)32-3;1-19(2,3)28(6,7)27-20(4)13-25(14-10-8-9-11-14)16-15(24(5)17(20)26)12-22-18(21)23-16;1-18(2,3)27(5,6)26-19(4)12-24(13-9-7-8-10-13)15-14(22-16(19)25)11-21-17(20)23-15;1-13(20)7-18(8-4-2-3-5-8)10-9(16-11(13)19)6-15-12(14)17-10;1-12-7-4-5(8(10)11)2-3-6(7)9/h8-11,14,31H,4-7,12H2,1-3H3,(H,28,29)(H,23,24,25);12,14H,8-11,13H2,1-7H3;11,13H,7-10,12H2,1-6H3,(H,22,25);6,8,20H,2-5,7H2,1H3,(H,16,19);2-4H,9H2,1H3,(H,10,11). The molecule has 4 aliphatic carbocycles. The molecule has 4 saturated carbocycles. The maximum atomic E-state index is 13.6. The second-order valence-corrected chi connectivity index (χ2v) is 46.2. The molecule has 4 unspecified atom stereocenters. The second-order valence-electron chi connectivity index (χ2n) is 35.7. The van der Waals surface area contributed by atoms with E-state index in [2.05, 4.69) is 128 Å². The van der Waals surface area contributed by atoms with E-state index in [1.54, 1.807) is 43.7 Å². The first kappa shape index (κ1) is 92.4. The maximum Gasteiger partial charge on any atom is 0.335 e. The average molecular weight is 1740 g/mol. The Morgan fingerprint density at radius 3 is 1.32 bits per heavy atom. The summed E-state index contributed by atoms with van der Waals surface area (Å²) in [7, 11) is 1.95. The van der Waals surface area contributed by atoms with E-state index in [-0.39, 0.29) is 80.0 Å². The summed E-state index contributed by atoms with van der Waals surface area (Å²) < 4.78 is 23.6. The molecule has 0 spiro atoms. The number of nitrogens with zero attached hydrogens (tertiary/aromatic N) is 14. The Morgan fingerprint density at radius 2 is 0.866 bits per heavy atom. The van der Waals surface area contributed by atoms with Gasteiger partial charge in [0.15, 0.2) is 62.3 Å². The molecule has 37 heteroatoms. The Kier molecular flexibility index (Phi) is 28.6. The number of halogens is 3. The van der Waals surface area contributed by atoms with Gasteiger partial charge in [-0.25, -0.2) is 29.5 Å². The highest BCUT2D eigenvalue weighted by Crippen LogP contribution is 2.47. The van der Waals surface area contributed by atoms with Crippen molar-refractivity contribution in [2.45, 2.75) is 255 Å². The third-order valence-electron chi connectivity index (χ3n) is 24.5. The first-order valence-electron chi connectivity index (χ1n) is 40.5. The number of nitrogen functional groups attached to an aromatic ring is 1. The van der Waals surface area contributed by atoms with Gasteiger partial charge in [-0.05, 0) is 187 Å². The van der Waals surface area contributed by atoms with Crippen LogP contribution in [-0.4, -0.2) is 214 Å². The SMILES string of the molecule is CC1(O)CN(C2CCCC2)c2nc(Cl)ncc2NC1=O.CC1(O[Si](C)(C)C(C)(C)C)CN(C2CCCC2)c2nc(Cl)ncc2NC1=O.CN1C(=O)C(C)(O[Si](C)(C)C(C)(C)C)CN(C2CCCC2)c2nc(Cl)ncc21.COc1cc(C(=O)O)ccc1N.COc1cc(C(=O)O)ccc1Nc1ncc2c(n1)N(C1CCCC1)CC(C)(O)C(=O)N2C. The summed E-state index contributed by atoms with van der Waals surface area (Å²) in [6.45, 7) is 30.1. The molecule has 4 amide bonds. The van der Waals surface area contributed by atoms with Crippen LogP contribution >= 0.6 is 34.8 Å². The van der Waals surface area contributed by atoms with Gasteiger partial charge in [-0.1, -0.05) is 92.9 Å². The number of β-amino-alcohol motifs (C(OH)–C–C–N with tert-alkyl or cyclic N) is 2. The molecular weight excluding hydrogens is 1620 g/mol. The summed E-state index contributed by atoms with van der Waals surface area (Å²) in [4.78, 5) is 119. The van der Waals surface area contributed by atoms with E-state index in [1.165, 1.54) is 95.2 Å². The smallest absolute Gasteiger partial charge is 0.335 e. The van der Waals surface area contributed by atoms with Crippen molar-refractivity contribution < 1.29 is 67.5 Å². The lowest BCUT2D eigenvalue weighted by Gasteiger charge is -2.45. The Bertz CT molecular complexity index is 4710. The molecule has 2 aromatic carbocycles. The van der Waals surface area contributed by atoms with Gasteiger partial charge in [0.25, 0.3) is 23.6 Å². The van der Waals surface area contributed by atoms with Gasteiger partial charge in [0.05, 0.1) is 87.7 Å². The van der Waals surface area contributed by atoms with Gasteiger partial charge in [-0.15, -0.1) is 0 Å². The van der Waals surface area contributed by atoms with Crippen molar-refractivity contribution in [3.63, 3.8) is 0 Å². The molecule has 8 heterocycles. The molecule has 14 rings (SSSR count). The van der Waals surface area contributed by atoms with Crippen LogP contribution in [0.5, 0.6) is 11.5 Å². The highest BCUT2D eigenvalue weighted by Gasteiger charge is 2.53. The number of likely N-dealkylation sites (N-methyl/N-ethyl adjacent to an activating group) is 2. The Morgan fingerprint density at radius 1 is 0.504 bits per heavy atom. The van der Waals surface area contributed by atoms with Crippen LogP contribution < -0.4 is 60.6 Å². The van der Waals surface area contributed by atoms with Gasteiger partial charge in [-0.3, -0.25) is 19.2 Å². The molecule has 119 heavy (non-hydrogen) atoms. The predicted molar refractivity (Wildman–Crippen MR) is 468 cm³/mol. The van der Waals surface area contributed by atoms with Crippen molar-refractivity contribution in [1.29, 1.82) is 0 Å². The van der Waals surface area contributed by atoms with Gasteiger partial charge < -0.3 is 89.8 Å². The van der Waals surface area contributed by atoms with Crippen molar-refractivity contribution in [3.05, 3.63) is 88.2 Å². The fourth-order valence-electron chi connectivity index (χ4n) is 15.9. The zero-order chi connectivity index (χ0) is 87.4. The van der Waals surface area contributed by atoms with Crippen molar-refractivity contribution in [2.24, 2.45) is 0 Å². The fourth-order valence-corrected chi connectivity index (χ4v) is 19.4. The van der Waals surface area contributed by atoms with Crippen molar-refractivity contribution in [1.82, 2.24) is 39.9 Å². The van der Waals surface area contributed by atoms with Gasteiger partial charge in [0, 0.05) is 38.3 Å². The van der Waals surface area contributed by atoms with E-state index >= 15 is 0 Å². The summed E-state index contributed by atoms with van der Waals surface area (Å²) in [5.41, 5.74) is 4.10. The van der Waals surface area contributed by atoms with E-state index in [0.717, 1.165) is 82.9 Å². The number of hydrogen-bond acceptors (Lipinski definition) is 26. The van der Waals surface area contributed by atoms with Crippen LogP contribution in [0, 0.1) is 0 Å². The number of carboxylic acids is 2. The summed E-state index contributed by atoms with van der Waals surface area (Å²) in [5, 5.41) is 48.4. The molecule has 4 fully saturated rings. The number of carboxylic acid groups (broad SMARTS) is 2. The molecular formula is C82H117Cl3N18O14Si2. The van der Waals surface area contributed by atoms with E-state index < -0.39 is 62.8 Å². The first-order valence-corrected chi connectivity index (χ1v) is 47.5. The number of benzene rings is 2. The van der Waals surface area contributed by atoms with Gasteiger partial charge >= 0.3 is 11.9 Å². The number of hydrogen-bond donors (Lipinski definition) is 8. The van der Waals surface area contributed by atoms with Crippen LogP contribution in [0.3, 0.4) is 0 Å². The quantitative estimate of drug-likeness (QED) is 0.0285. The van der Waals surface area contributed by atoms with E-state index in [4.69, 9.17) is 69.0 Å². The number of rotatable bonds is 14.